The third-order valence-electron chi connectivity index (χ3n) is 4.77. The Labute approximate surface area is 169 Å². The van der Waals surface area contributed by atoms with Gasteiger partial charge in [0, 0.05) is 12.8 Å². The van der Waals surface area contributed by atoms with Crippen molar-refractivity contribution in [2.45, 2.75) is 64.5 Å². The largest absolute Gasteiger partial charge is 0.444 e. The third-order valence-corrected chi connectivity index (χ3v) is 4.77. The molecule has 0 heterocycles. The van der Waals surface area contributed by atoms with E-state index in [1.165, 1.54) is 0 Å². The summed E-state index contributed by atoms with van der Waals surface area (Å²) in [6, 6.07) is 8.32. The van der Waals surface area contributed by atoms with Gasteiger partial charge in [-0.25, -0.2) is 4.79 Å². The van der Waals surface area contributed by atoms with E-state index in [1.54, 1.807) is 0 Å². The predicted octanol–water partition coefficient (Wildman–Crippen LogP) is 5.04. The number of rotatable bonds is 7. The average Bonchev–Trinajstić information content (AvgIpc) is 2.59. The normalized spacial score (nSPS) is 16.4. The number of carbonyl (C=O) groups is 1. The van der Waals surface area contributed by atoms with E-state index in [2.05, 4.69) is 53.4 Å². The zero-order valence-electron chi connectivity index (χ0n) is 17.8. The van der Waals surface area contributed by atoms with Crippen LogP contribution >= 0.6 is 0 Å². The molecule has 1 aromatic carbocycles. The van der Waals surface area contributed by atoms with Gasteiger partial charge in [0.1, 0.15) is 5.60 Å². The van der Waals surface area contributed by atoms with Crippen LogP contribution in [0, 0.1) is 0 Å². The van der Waals surface area contributed by atoms with Gasteiger partial charge in [0.05, 0.1) is 11.2 Å². The minimum absolute atomic E-state index is 0.330. The summed E-state index contributed by atoms with van der Waals surface area (Å²) >= 11 is 0. The highest BCUT2D eigenvalue weighted by molar-refractivity contribution is 6.01. The van der Waals surface area contributed by atoms with Crippen molar-refractivity contribution in [2.24, 2.45) is 4.99 Å². The van der Waals surface area contributed by atoms with Crippen LogP contribution in [0.4, 0.5) is 4.79 Å². The number of allylic oxidation sites excluding steroid dienone is 1. The van der Waals surface area contributed by atoms with Gasteiger partial charge in [0.2, 0.25) is 0 Å². The minimum atomic E-state index is -0.504. The smallest absolute Gasteiger partial charge is 0.408 e. The maximum Gasteiger partial charge on any atom is 0.408 e. The quantitative estimate of drug-likeness (QED) is 0.512. The molecular weight excluding hydrogens is 350 g/mol. The van der Waals surface area contributed by atoms with Gasteiger partial charge in [0.25, 0.3) is 0 Å². The molecule has 0 bridgehead atoms. The second kappa shape index (κ2) is 9.09. The van der Waals surface area contributed by atoms with E-state index < -0.39 is 5.60 Å². The lowest BCUT2D eigenvalue weighted by molar-refractivity contribution is 0.0377. The van der Waals surface area contributed by atoms with Crippen LogP contribution in [0.5, 0.6) is 0 Å². The molecule has 1 fully saturated rings. The molecule has 0 saturated heterocycles. The van der Waals surface area contributed by atoms with E-state index in [-0.39, 0.29) is 11.6 Å². The topological polar surface area (TPSA) is 62.7 Å². The summed E-state index contributed by atoms with van der Waals surface area (Å²) in [6.07, 6.45) is 7.05. The molecule has 152 valence electrons. The molecule has 1 aliphatic carbocycles. The summed E-state index contributed by atoms with van der Waals surface area (Å²) < 4.78 is 5.46. The van der Waals surface area contributed by atoms with Crippen molar-refractivity contribution < 1.29 is 9.53 Å². The number of amides is 1. The number of hydrogen-bond donors (Lipinski definition) is 2. The lowest BCUT2D eigenvalue weighted by atomic mass is 9.71. The molecule has 0 aliphatic heterocycles. The maximum absolute atomic E-state index is 12.3. The zero-order chi connectivity index (χ0) is 20.8. The molecule has 0 unspecified atom stereocenters. The molecule has 5 nitrogen and oxygen atoms in total. The highest BCUT2D eigenvalue weighted by Crippen LogP contribution is 2.41. The van der Waals surface area contributed by atoms with Gasteiger partial charge in [0.15, 0.2) is 0 Å². The molecule has 1 aromatic rings. The number of nitrogens with one attached hydrogen (secondary N) is 2. The molecule has 0 radical (unpaired) electrons. The lowest BCUT2D eigenvalue weighted by Gasteiger charge is -2.43. The zero-order valence-corrected chi connectivity index (χ0v) is 17.8. The number of hydrogen-bond acceptors (Lipinski definition) is 4. The second-order valence-corrected chi connectivity index (χ2v) is 8.17. The Kier molecular flexibility index (Phi) is 7.05. The van der Waals surface area contributed by atoms with Crippen LogP contribution < -0.4 is 10.6 Å². The Balaban J connectivity index is 2.17. The summed E-state index contributed by atoms with van der Waals surface area (Å²) in [5.41, 5.74) is 3.03. The Morgan fingerprint density at radius 1 is 1.29 bits per heavy atom. The van der Waals surface area contributed by atoms with E-state index in [4.69, 9.17) is 4.74 Å². The number of nitrogens with zero attached hydrogens (tertiary/aromatic N) is 1. The van der Waals surface area contributed by atoms with Crippen LogP contribution in [0.15, 0.2) is 53.8 Å². The van der Waals surface area contributed by atoms with Gasteiger partial charge in [-0.2, -0.15) is 0 Å². The van der Waals surface area contributed by atoms with E-state index in [0.717, 1.165) is 42.5 Å². The van der Waals surface area contributed by atoms with E-state index in [9.17, 15) is 4.79 Å². The fraction of sp³-hybridized carbons (Fsp3) is 0.478. The number of aliphatic imine (C=N–C) groups is 1. The highest BCUT2D eigenvalue weighted by atomic mass is 16.6. The van der Waals surface area contributed by atoms with Crippen LogP contribution in [0.25, 0.3) is 0 Å². The van der Waals surface area contributed by atoms with Crippen LogP contribution in [0.1, 0.15) is 64.5 Å². The first-order valence-electron chi connectivity index (χ1n) is 9.91. The Bertz CT molecular complexity index is 751. The summed E-state index contributed by atoms with van der Waals surface area (Å²) in [5, 5.41) is 6.04. The van der Waals surface area contributed by atoms with E-state index >= 15 is 0 Å². The van der Waals surface area contributed by atoms with Crippen molar-refractivity contribution in [3.05, 3.63) is 59.9 Å². The Morgan fingerprint density at radius 2 is 1.93 bits per heavy atom. The van der Waals surface area contributed by atoms with E-state index in [0.29, 0.717) is 5.70 Å². The molecule has 5 heteroatoms. The molecule has 1 amide bonds. The van der Waals surface area contributed by atoms with Crippen molar-refractivity contribution in [2.75, 3.05) is 7.05 Å². The SMILES string of the molecule is C=C(/C=C\NC)N=C(CC)c1ccc(C2(NC(=O)OC(C)(C)C)CCC2)cc1. The molecule has 2 N–H and O–H groups in total. The van der Waals surface area contributed by atoms with Gasteiger partial charge < -0.3 is 15.4 Å². The van der Waals surface area contributed by atoms with Crippen molar-refractivity contribution in [1.29, 1.82) is 0 Å². The molecule has 0 atom stereocenters. The molecule has 2 rings (SSSR count). The van der Waals surface area contributed by atoms with Crippen LogP contribution in [-0.2, 0) is 10.3 Å². The van der Waals surface area contributed by atoms with Gasteiger partial charge in [-0.3, -0.25) is 4.99 Å². The van der Waals surface area contributed by atoms with Crippen LogP contribution in [-0.4, -0.2) is 24.5 Å². The summed E-state index contributed by atoms with van der Waals surface area (Å²) in [4.78, 5) is 16.9. The monoisotopic (exact) mass is 383 g/mol. The van der Waals surface area contributed by atoms with E-state index in [1.807, 2.05) is 40.1 Å². The van der Waals surface area contributed by atoms with Crippen LogP contribution in [0.3, 0.4) is 0 Å². The highest BCUT2D eigenvalue weighted by Gasteiger charge is 2.41. The predicted molar refractivity (Wildman–Crippen MR) is 116 cm³/mol. The minimum Gasteiger partial charge on any atom is -0.444 e. The number of ether oxygens (including phenoxy) is 1. The van der Waals surface area contributed by atoms with Crippen molar-refractivity contribution in [3.8, 4) is 0 Å². The molecule has 1 saturated carbocycles. The fourth-order valence-corrected chi connectivity index (χ4v) is 3.23. The van der Waals surface area contributed by atoms with Gasteiger partial charge in [-0.1, -0.05) is 37.8 Å². The van der Waals surface area contributed by atoms with Crippen molar-refractivity contribution in [3.63, 3.8) is 0 Å². The maximum atomic E-state index is 12.3. The first-order chi connectivity index (χ1) is 13.2. The van der Waals surface area contributed by atoms with Crippen molar-refractivity contribution in [1.82, 2.24) is 10.6 Å². The first-order valence-corrected chi connectivity index (χ1v) is 9.91. The van der Waals surface area contributed by atoms with Gasteiger partial charge in [-0.05, 0) is 69.9 Å². The Morgan fingerprint density at radius 3 is 2.39 bits per heavy atom. The summed E-state index contributed by atoms with van der Waals surface area (Å²) in [7, 11) is 1.84. The molecule has 0 spiro atoms. The summed E-state index contributed by atoms with van der Waals surface area (Å²) in [5.74, 6) is 0. The summed E-state index contributed by atoms with van der Waals surface area (Å²) in [6.45, 7) is 11.7. The fourth-order valence-electron chi connectivity index (χ4n) is 3.23. The number of benzene rings is 1. The van der Waals surface area contributed by atoms with Gasteiger partial charge in [-0.15, -0.1) is 0 Å². The second-order valence-electron chi connectivity index (χ2n) is 8.17. The first kappa shape index (κ1) is 21.7. The lowest BCUT2D eigenvalue weighted by Crippen LogP contribution is -2.52. The molecular formula is C23H33N3O2. The van der Waals surface area contributed by atoms with Crippen molar-refractivity contribution >= 4 is 11.8 Å². The molecule has 1 aliphatic rings. The van der Waals surface area contributed by atoms with Crippen LogP contribution in [0.2, 0.25) is 0 Å². The Hall–Kier alpha value is -2.56. The standard InChI is InChI=1S/C23H33N3O2/c1-7-20(25-17(2)13-16-24-6)18-9-11-19(12-10-18)23(14-8-15-23)26-21(27)28-22(3,4)5/h9-13,16,24H,2,7-8,14-15H2,1,3-6H3,(H,26,27)/b16-13-,25-20?. The average molecular weight is 384 g/mol. The van der Waals surface area contributed by atoms with Gasteiger partial charge >= 0.3 is 6.09 Å². The third kappa shape index (κ3) is 5.72. The number of carbonyl (C=O) groups excluding carboxylic acids is 1. The number of alkyl carbamates (subject to hydrolysis) is 1. The molecule has 28 heavy (non-hydrogen) atoms. The molecule has 0 aromatic heterocycles.